The summed E-state index contributed by atoms with van der Waals surface area (Å²) in [5.41, 5.74) is 0. The quantitative estimate of drug-likeness (QED) is 0.574. The first kappa shape index (κ1) is 8.88. The second-order valence-electron chi connectivity index (χ2n) is 0.0674. The van der Waals surface area contributed by atoms with E-state index in [2.05, 4.69) is 0 Å². The van der Waals surface area contributed by atoms with Crippen LogP contribution in [0.4, 0.5) is 0 Å². The van der Waals surface area contributed by atoms with Crippen LogP contribution in [0.15, 0.2) is 0 Å². The average Bonchev–Trinajstić information content (AvgIpc) is 0.918. The molecule has 0 saturated carbocycles. The van der Waals surface area contributed by atoms with Gasteiger partial charge in [-0.1, -0.05) is 0 Å². The minimum atomic E-state index is 0. The number of hydrogen-bond donors (Lipinski definition) is 0. The molecule has 0 amide bonds. The molecule has 0 heterocycles. The van der Waals surface area contributed by atoms with Gasteiger partial charge in [-0.3, -0.25) is 0 Å². The van der Waals surface area contributed by atoms with Crippen molar-refractivity contribution < 1.29 is 43.4 Å². The molecule has 0 fully saturated rings. The van der Waals surface area contributed by atoms with Crippen molar-refractivity contribution >= 4 is 0 Å². The zero-order valence-corrected chi connectivity index (χ0v) is 5.20. The average molecular weight is 331 g/mol. The monoisotopic (exact) mass is 330 g/mol. The molecule has 4 heavy (non-hydrogen) atoms. The van der Waals surface area contributed by atoms with Gasteiger partial charge in [-0.15, -0.1) is 0 Å². The van der Waals surface area contributed by atoms with Gasteiger partial charge in [-0.25, -0.2) is 0 Å². The van der Waals surface area contributed by atoms with E-state index in [0.717, 1.165) is 0 Å². The summed E-state index contributed by atoms with van der Waals surface area (Å²) in [7, 11) is 0. The summed E-state index contributed by atoms with van der Waals surface area (Å²) in [6.07, 6.45) is 0. The van der Waals surface area contributed by atoms with Crippen molar-refractivity contribution in [2.45, 2.75) is 0 Å². The molecule has 0 atom stereocenters. The van der Waals surface area contributed by atoms with Crippen LogP contribution in [0.1, 0.15) is 0 Å². The summed E-state index contributed by atoms with van der Waals surface area (Å²) in [5, 5.41) is 7.29. The Hall–Kier alpha value is 0.971. The maximum Gasteiger partial charge on any atom is 0 e. The van der Waals surface area contributed by atoms with Crippen molar-refractivity contribution in [2.75, 3.05) is 0 Å². The fourth-order valence-corrected chi connectivity index (χ4v) is 0. The summed E-state index contributed by atoms with van der Waals surface area (Å²) < 4.78 is 1.69. The molecular weight excluding hydrogens is 331 g/mol. The van der Waals surface area contributed by atoms with Crippen molar-refractivity contribution in [2.24, 2.45) is 0 Å². The molecule has 0 aliphatic heterocycles. The molecule has 3 heteroatoms. The Bertz CT molecular complexity index is 29.5. The fraction of sp³-hybridized carbons (Fsp3) is 0. The third kappa shape index (κ3) is 12.2. The Morgan fingerprint density at radius 2 is 1.75 bits per heavy atom. The molecule has 0 aromatic heterocycles. The Balaban J connectivity index is 0. The number of rotatable bonds is 0. The Labute approximate surface area is 52.8 Å². The van der Waals surface area contributed by atoms with Gasteiger partial charge in [0.2, 0.25) is 0 Å². The molecule has 0 aromatic rings. The van der Waals surface area contributed by atoms with Gasteiger partial charge in [0, 0.05) is 22.4 Å². The SMILES string of the molecule is N#[C][Au].[Ag]. The number of hydrogen-bond acceptors (Lipinski definition) is 1. The van der Waals surface area contributed by atoms with Gasteiger partial charge in [0.25, 0.3) is 0 Å². The van der Waals surface area contributed by atoms with Gasteiger partial charge in [0.15, 0.2) is 0 Å². The first-order chi connectivity index (χ1) is 1.41. The predicted octanol–water partition coefficient (Wildman–Crippen LogP) is 0.0118. The fourth-order valence-electron chi connectivity index (χ4n) is 0. The van der Waals surface area contributed by atoms with E-state index in [-0.39, 0.29) is 22.4 Å². The summed E-state index contributed by atoms with van der Waals surface area (Å²) >= 11 is 1.73. The summed E-state index contributed by atoms with van der Waals surface area (Å²) in [6, 6.07) is 0. The smallest absolute Gasteiger partial charge is 0 e. The van der Waals surface area contributed by atoms with Crippen molar-refractivity contribution in [3.8, 4) is 4.29 Å². The van der Waals surface area contributed by atoms with E-state index in [1.165, 1.54) is 0 Å². The Morgan fingerprint density at radius 3 is 1.75 bits per heavy atom. The third-order valence-electron chi connectivity index (χ3n) is 0. The summed E-state index contributed by atoms with van der Waals surface area (Å²) in [5.74, 6) is 0. The second kappa shape index (κ2) is 9.02. The zero-order chi connectivity index (χ0) is 2.71. The van der Waals surface area contributed by atoms with E-state index >= 15 is 0 Å². The normalized spacial score (nSPS) is 2.25. The standard InChI is InChI=1S/CN.Ag.Au/c1-2;;. The molecule has 0 unspecified atom stereocenters. The molecule has 1 radical (unpaired) electrons. The van der Waals surface area contributed by atoms with E-state index in [0.29, 0.717) is 0 Å². The van der Waals surface area contributed by atoms with Gasteiger partial charge < -0.3 is 0 Å². The number of nitriles is 1. The minimum absolute atomic E-state index is 0. The van der Waals surface area contributed by atoms with E-state index in [1.54, 1.807) is 25.4 Å². The van der Waals surface area contributed by atoms with Gasteiger partial charge >= 0.3 is 30.6 Å². The maximum atomic E-state index is 7.29. The summed E-state index contributed by atoms with van der Waals surface area (Å²) in [6.45, 7) is 0. The second-order valence-corrected chi connectivity index (χ2v) is 0.552. The van der Waals surface area contributed by atoms with E-state index in [9.17, 15) is 0 Å². The van der Waals surface area contributed by atoms with Crippen LogP contribution in [0.3, 0.4) is 0 Å². The van der Waals surface area contributed by atoms with Crippen LogP contribution < -0.4 is 0 Å². The van der Waals surface area contributed by atoms with Crippen LogP contribution in [-0.2, 0) is 43.4 Å². The van der Waals surface area contributed by atoms with Gasteiger partial charge in [-0.05, 0) is 0 Å². The molecule has 0 N–H and O–H groups in total. The Morgan fingerprint density at radius 1 is 1.75 bits per heavy atom. The van der Waals surface area contributed by atoms with Crippen molar-refractivity contribution in [3.63, 3.8) is 0 Å². The topological polar surface area (TPSA) is 23.8 Å². The largest absolute Gasteiger partial charge is 0 e. The minimum Gasteiger partial charge on any atom is 0 e. The van der Waals surface area contributed by atoms with Gasteiger partial charge in [-0.2, -0.15) is 0 Å². The summed E-state index contributed by atoms with van der Waals surface area (Å²) in [4.78, 5) is 0. The molecule has 0 bridgehead atoms. The van der Waals surface area contributed by atoms with Crippen molar-refractivity contribution in [3.05, 3.63) is 0 Å². The van der Waals surface area contributed by atoms with Crippen LogP contribution >= 0.6 is 0 Å². The van der Waals surface area contributed by atoms with E-state index in [1.807, 2.05) is 0 Å². The Kier molecular flexibility index (Phi) is 20.0. The molecule has 0 spiro atoms. The van der Waals surface area contributed by atoms with E-state index in [4.69, 9.17) is 5.26 Å². The third-order valence-corrected chi connectivity index (χ3v) is 0. The molecule has 0 aromatic carbocycles. The molecular formula is CAgAuN. The van der Waals surface area contributed by atoms with Gasteiger partial charge in [0.1, 0.15) is 0 Å². The van der Waals surface area contributed by atoms with Gasteiger partial charge in [0.05, 0.1) is 0 Å². The molecule has 31 valence electrons. The molecule has 0 saturated heterocycles. The zero-order valence-electron chi connectivity index (χ0n) is 1.55. The predicted molar refractivity (Wildman–Crippen MR) is 5.61 cm³/mol. The van der Waals surface area contributed by atoms with Crippen LogP contribution in [0, 0.1) is 9.55 Å². The number of nitrogens with zero attached hydrogens (tertiary/aromatic N) is 1. The van der Waals surface area contributed by atoms with E-state index < -0.39 is 0 Å². The van der Waals surface area contributed by atoms with Crippen LogP contribution in [0.25, 0.3) is 0 Å². The van der Waals surface area contributed by atoms with Crippen molar-refractivity contribution in [1.29, 1.82) is 5.26 Å². The van der Waals surface area contributed by atoms with Crippen LogP contribution in [0.5, 0.6) is 0 Å². The first-order valence-electron chi connectivity index (χ1n) is 0.374. The molecule has 0 aliphatic rings. The van der Waals surface area contributed by atoms with Crippen LogP contribution in [-0.4, -0.2) is 0 Å². The first-order valence-corrected chi connectivity index (χ1v) is 1.46. The molecule has 1 nitrogen and oxygen atoms in total. The van der Waals surface area contributed by atoms with Crippen LogP contribution in [0.2, 0.25) is 0 Å². The van der Waals surface area contributed by atoms with Crippen molar-refractivity contribution in [1.82, 2.24) is 0 Å². The molecule has 0 aliphatic carbocycles. The molecule has 0 rings (SSSR count). The maximum absolute atomic E-state index is 7.29.